The highest BCUT2D eigenvalue weighted by Gasteiger charge is 2.43. The number of aromatic nitrogens is 2. The third-order valence-corrected chi connectivity index (χ3v) is 5.61. The van der Waals surface area contributed by atoms with Crippen LogP contribution in [-0.2, 0) is 21.3 Å². The molecule has 1 fully saturated rings. The van der Waals surface area contributed by atoms with Gasteiger partial charge in [0.1, 0.15) is 4.90 Å². The van der Waals surface area contributed by atoms with Crippen molar-refractivity contribution in [1.82, 2.24) is 20.2 Å². The summed E-state index contributed by atoms with van der Waals surface area (Å²) in [4.78, 5) is 0.263. The van der Waals surface area contributed by atoms with E-state index in [-0.39, 0.29) is 10.3 Å². The normalized spacial score (nSPS) is 17.1. The van der Waals surface area contributed by atoms with Crippen molar-refractivity contribution >= 4 is 10.0 Å². The molecule has 0 amide bonds. The molecule has 1 aromatic rings. The van der Waals surface area contributed by atoms with Gasteiger partial charge in [0.05, 0.1) is 11.4 Å². The molecule has 0 atom stereocenters. The average molecular weight is 316 g/mol. The summed E-state index contributed by atoms with van der Waals surface area (Å²) >= 11 is 0. The van der Waals surface area contributed by atoms with Crippen LogP contribution < -0.4 is 10.0 Å². The first-order valence-electron chi connectivity index (χ1n) is 7.11. The van der Waals surface area contributed by atoms with Crippen LogP contribution in [0.4, 0.5) is 0 Å². The molecular weight excluding hydrogens is 292 g/mol. The topological polar surface area (TPSA) is 96.1 Å². The molecule has 0 saturated heterocycles. The molecule has 1 saturated carbocycles. The van der Waals surface area contributed by atoms with Crippen LogP contribution in [0.15, 0.2) is 4.90 Å². The second-order valence-corrected chi connectivity index (χ2v) is 7.43. The van der Waals surface area contributed by atoms with E-state index in [1.54, 1.807) is 21.1 Å². The molecule has 21 heavy (non-hydrogen) atoms. The molecule has 120 valence electrons. The van der Waals surface area contributed by atoms with E-state index < -0.39 is 10.0 Å². The molecular formula is C13H24N4O3S. The number of ether oxygens (including phenoxy) is 1. The zero-order valence-corrected chi connectivity index (χ0v) is 13.6. The summed E-state index contributed by atoms with van der Waals surface area (Å²) in [6, 6.07) is 0. The van der Waals surface area contributed by atoms with Gasteiger partial charge in [-0.25, -0.2) is 13.1 Å². The highest BCUT2D eigenvalue weighted by atomic mass is 32.2. The number of hydrogen-bond acceptors (Lipinski definition) is 5. The fourth-order valence-electron chi connectivity index (χ4n) is 2.44. The first-order valence-corrected chi connectivity index (χ1v) is 8.59. The lowest BCUT2D eigenvalue weighted by molar-refractivity contribution is 0.173. The van der Waals surface area contributed by atoms with Crippen molar-refractivity contribution in [2.75, 3.05) is 27.3 Å². The van der Waals surface area contributed by atoms with Crippen molar-refractivity contribution < 1.29 is 13.2 Å². The largest absolute Gasteiger partial charge is 0.385 e. The van der Waals surface area contributed by atoms with Crippen LogP contribution >= 0.6 is 0 Å². The highest BCUT2D eigenvalue weighted by molar-refractivity contribution is 7.89. The Bertz CT molecular complexity index is 578. The number of rotatable bonds is 9. The standard InChI is InChI=1S/C13H24N4O3S/c1-10-12(11(8-14-2)17-16-10)21(18,19)15-9-13(4-5-13)6-7-20-3/h14-15H,4-9H2,1-3H3,(H,16,17). The molecule has 0 aromatic carbocycles. The van der Waals surface area contributed by atoms with Crippen LogP contribution in [0.2, 0.25) is 0 Å². The summed E-state index contributed by atoms with van der Waals surface area (Å²) in [5.41, 5.74) is 1.16. The monoisotopic (exact) mass is 316 g/mol. The molecule has 8 heteroatoms. The Hall–Kier alpha value is -0.960. The number of sulfonamides is 1. The summed E-state index contributed by atoms with van der Waals surface area (Å²) in [6.07, 6.45) is 2.99. The quantitative estimate of drug-likeness (QED) is 0.618. The molecule has 1 aromatic heterocycles. The molecule has 2 rings (SSSR count). The number of aromatic amines is 1. The minimum Gasteiger partial charge on any atom is -0.385 e. The van der Waals surface area contributed by atoms with Crippen molar-refractivity contribution in [3.8, 4) is 0 Å². The molecule has 3 N–H and O–H groups in total. The number of aryl methyl sites for hydroxylation is 1. The highest BCUT2D eigenvalue weighted by Crippen LogP contribution is 2.48. The van der Waals surface area contributed by atoms with Crippen molar-refractivity contribution in [3.05, 3.63) is 11.4 Å². The van der Waals surface area contributed by atoms with E-state index in [2.05, 4.69) is 20.2 Å². The molecule has 0 unspecified atom stereocenters. The lowest BCUT2D eigenvalue weighted by Gasteiger charge is -2.16. The van der Waals surface area contributed by atoms with Gasteiger partial charge in [-0.15, -0.1) is 0 Å². The Balaban J connectivity index is 2.07. The van der Waals surface area contributed by atoms with E-state index >= 15 is 0 Å². The fraction of sp³-hybridized carbons (Fsp3) is 0.769. The maximum atomic E-state index is 12.5. The van der Waals surface area contributed by atoms with Gasteiger partial charge in [0.15, 0.2) is 0 Å². The average Bonchev–Trinajstić information content (AvgIpc) is 3.12. The summed E-state index contributed by atoms with van der Waals surface area (Å²) in [6.45, 7) is 3.26. The van der Waals surface area contributed by atoms with Crippen LogP contribution in [-0.4, -0.2) is 45.9 Å². The Labute approximate surface area is 125 Å². The number of H-pyrrole nitrogens is 1. The van der Waals surface area contributed by atoms with Crippen LogP contribution in [0.5, 0.6) is 0 Å². The molecule has 1 heterocycles. The van der Waals surface area contributed by atoms with Crippen molar-refractivity contribution in [1.29, 1.82) is 0 Å². The minimum absolute atomic E-state index is 0.0733. The minimum atomic E-state index is -3.54. The molecule has 0 spiro atoms. The maximum Gasteiger partial charge on any atom is 0.244 e. The van der Waals surface area contributed by atoms with E-state index in [1.807, 2.05) is 0 Å². The molecule has 1 aliphatic rings. The van der Waals surface area contributed by atoms with E-state index in [9.17, 15) is 8.42 Å². The summed E-state index contributed by atoms with van der Waals surface area (Å²) < 4.78 is 32.9. The van der Waals surface area contributed by atoms with Gasteiger partial charge in [0.2, 0.25) is 10.0 Å². The fourth-order valence-corrected chi connectivity index (χ4v) is 3.96. The van der Waals surface area contributed by atoms with Gasteiger partial charge in [0.25, 0.3) is 0 Å². The predicted molar refractivity (Wildman–Crippen MR) is 79.4 cm³/mol. The van der Waals surface area contributed by atoms with Crippen molar-refractivity contribution in [2.24, 2.45) is 5.41 Å². The van der Waals surface area contributed by atoms with Gasteiger partial charge in [-0.1, -0.05) is 0 Å². The van der Waals surface area contributed by atoms with Crippen LogP contribution in [0.3, 0.4) is 0 Å². The van der Waals surface area contributed by atoms with Gasteiger partial charge in [0, 0.05) is 26.8 Å². The van der Waals surface area contributed by atoms with E-state index in [0.717, 1.165) is 19.3 Å². The molecule has 7 nitrogen and oxygen atoms in total. The van der Waals surface area contributed by atoms with Gasteiger partial charge in [-0.3, -0.25) is 5.10 Å². The Morgan fingerprint density at radius 2 is 2.14 bits per heavy atom. The van der Waals surface area contributed by atoms with Crippen LogP contribution in [0.25, 0.3) is 0 Å². The zero-order valence-electron chi connectivity index (χ0n) is 12.8. The zero-order chi connectivity index (χ0) is 15.5. The summed E-state index contributed by atoms with van der Waals surface area (Å²) in [7, 11) is -0.116. The number of hydrogen-bond donors (Lipinski definition) is 3. The predicted octanol–water partition coefficient (Wildman–Crippen LogP) is 0.533. The number of methoxy groups -OCH3 is 1. The second kappa shape index (κ2) is 6.43. The second-order valence-electron chi connectivity index (χ2n) is 5.72. The van der Waals surface area contributed by atoms with Gasteiger partial charge < -0.3 is 10.1 Å². The van der Waals surface area contributed by atoms with E-state index in [0.29, 0.717) is 31.1 Å². The summed E-state index contributed by atoms with van der Waals surface area (Å²) in [5, 5.41) is 9.73. The third-order valence-electron chi connectivity index (χ3n) is 4.01. The van der Waals surface area contributed by atoms with Gasteiger partial charge in [-0.05, 0) is 38.6 Å². The first kappa shape index (κ1) is 16.4. The third kappa shape index (κ3) is 3.82. The number of nitrogens with zero attached hydrogens (tertiary/aromatic N) is 1. The van der Waals surface area contributed by atoms with Crippen molar-refractivity contribution in [3.63, 3.8) is 0 Å². The smallest absolute Gasteiger partial charge is 0.244 e. The lowest BCUT2D eigenvalue weighted by atomic mass is 10.0. The SMILES string of the molecule is CNCc1n[nH]c(C)c1S(=O)(=O)NCC1(CCOC)CC1. The Morgan fingerprint density at radius 3 is 2.71 bits per heavy atom. The van der Waals surface area contributed by atoms with Gasteiger partial charge >= 0.3 is 0 Å². The van der Waals surface area contributed by atoms with Gasteiger partial charge in [-0.2, -0.15) is 5.10 Å². The van der Waals surface area contributed by atoms with E-state index in [1.165, 1.54) is 0 Å². The Kier molecular flexibility index (Phi) is 5.03. The molecule has 0 aliphatic heterocycles. The first-order chi connectivity index (χ1) is 9.94. The van der Waals surface area contributed by atoms with E-state index in [4.69, 9.17) is 4.74 Å². The molecule has 0 bridgehead atoms. The van der Waals surface area contributed by atoms with Crippen LogP contribution in [0, 0.1) is 12.3 Å². The van der Waals surface area contributed by atoms with Crippen molar-refractivity contribution in [2.45, 2.75) is 37.6 Å². The molecule has 0 radical (unpaired) electrons. The lowest BCUT2D eigenvalue weighted by Crippen LogP contribution is -2.32. The summed E-state index contributed by atoms with van der Waals surface area (Å²) in [5.74, 6) is 0. The number of nitrogens with one attached hydrogen (secondary N) is 3. The molecule has 1 aliphatic carbocycles. The van der Waals surface area contributed by atoms with Crippen LogP contribution in [0.1, 0.15) is 30.7 Å². The Morgan fingerprint density at radius 1 is 1.43 bits per heavy atom. The maximum absolute atomic E-state index is 12.5.